The summed E-state index contributed by atoms with van der Waals surface area (Å²) in [4.78, 5) is 13.7. The summed E-state index contributed by atoms with van der Waals surface area (Å²) in [7, 11) is 0. The molecule has 4 heteroatoms. The maximum atomic E-state index is 11.8. The van der Waals surface area contributed by atoms with Crippen molar-refractivity contribution in [2.24, 2.45) is 5.92 Å². The third kappa shape index (κ3) is 1.90. The molecule has 2 aromatic rings. The normalized spacial score (nSPS) is 19.7. The summed E-state index contributed by atoms with van der Waals surface area (Å²) in [6.45, 7) is 5.21. The van der Waals surface area contributed by atoms with Gasteiger partial charge in [-0.05, 0) is 11.6 Å². The summed E-state index contributed by atoms with van der Waals surface area (Å²) >= 11 is 0. The van der Waals surface area contributed by atoms with E-state index in [9.17, 15) is 4.79 Å². The first-order valence-electron chi connectivity index (χ1n) is 6.08. The number of likely N-dealkylation sites (tertiary alicyclic amines) is 1. The van der Waals surface area contributed by atoms with Gasteiger partial charge in [0.2, 0.25) is 5.91 Å². The standard InChI is InChI=1S/C14H15N3O/c1-2-10-6-14(18)17(8-10)9-11-3-4-12-7-15-16-13(12)5-11/h2-5,7,10H,1,6,8-9H2,(H,15,16). The Morgan fingerprint density at radius 3 is 3.22 bits per heavy atom. The number of carbonyl (C=O) groups excluding carboxylic acids is 1. The average Bonchev–Trinajstić information content (AvgIpc) is 2.96. The number of rotatable bonds is 3. The first-order chi connectivity index (χ1) is 8.76. The van der Waals surface area contributed by atoms with Crippen LogP contribution < -0.4 is 0 Å². The van der Waals surface area contributed by atoms with Gasteiger partial charge in [-0.25, -0.2) is 0 Å². The molecule has 0 bridgehead atoms. The van der Waals surface area contributed by atoms with E-state index >= 15 is 0 Å². The molecular formula is C14H15N3O. The van der Waals surface area contributed by atoms with Crippen LogP contribution >= 0.6 is 0 Å². The van der Waals surface area contributed by atoms with Crippen LogP contribution in [0.2, 0.25) is 0 Å². The number of aromatic amines is 1. The number of amides is 1. The number of carbonyl (C=O) groups is 1. The van der Waals surface area contributed by atoms with Gasteiger partial charge in [0, 0.05) is 30.8 Å². The molecule has 1 aromatic heterocycles. The van der Waals surface area contributed by atoms with E-state index in [4.69, 9.17) is 0 Å². The van der Waals surface area contributed by atoms with Gasteiger partial charge in [-0.3, -0.25) is 9.89 Å². The first kappa shape index (κ1) is 11.0. The number of fused-ring (bicyclic) bond motifs is 1. The van der Waals surface area contributed by atoms with Crippen molar-refractivity contribution < 1.29 is 4.79 Å². The summed E-state index contributed by atoms with van der Waals surface area (Å²) in [5, 5.41) is 8.04. The number of H-pyrrole nitrogens is 1. The Hall–Kier alpha value is -2.10. The molecule has 2 heterocycles. The van der Waals surface area contributed by atoms with Crippen molar-refractivity contribution in [2.75, 3.05) is 6.54 Å². The molecular weight excluding hydrogens is 226 g/mol. The molecule has 1 aliphatic heterocycles. The smallest absolute Gasteiger partial charge is 0.223 e. The van der Waals surface area contributed by atoms with Gasteiger partial charge in [-0.2, -0.15) is 5.10 Å². The molecule has 92 valence electrons. The highest BCUT2D eigenvalue weighted by molar-refractivity contribution is 5.80. The third-order valence-corrected chi connectivity index (χ3v) is 3.46. The summed E-state index contributed by atoms with van der Waals surface area (Å²) in [5.41, 5.74) is 2.14. The van der Waals surface area contributed by atoms with Crippen LogP contribution in [0.25, 0.3) is 10.9 Å². The van der Waals surface area contributed by atoms with Gasteiger partial charge in [-0.1, -0.05) is 18.2 Å². The lowest BCUT2D eigenvalue weighted by Gasteiger charge is -2.16. The Morgan fingerprint density at radius 2 is 2.44 bits per heavy atom. The molecule has 1 unspecified atom stereocenters. The van der Waals surface area contributed by atoms with Gasteiger partial charge in [0.1, 0.15) is 0 Å². The van der Waals surface area contributed by atoms with Crippen molar-refractivity contribution in [3.05, 3.63) is 42.6 Å². The zero-order valence-corrected chi connectivity index (χ0v) is 10.1. The predicted molar refractivity (Wildman–Crippen MR) is 69.8 cm³/mol. The van der Waals surface area contributed by atoms with Gasteiger partial charge in [0.25, 0.3) is 0 Å². The predicted octanol–water partition coefficient (Wildman–Crippen LogP) is 2.10. The Morgan fingerprint density at radius 1 is 1.56 bits per heavy atom. The molecule has 0 aliphatic carbocycles. The van der Waals surface area contributed by atoms with Crippen molar-refractivity contribution >= 4 is 16.8 Å². The second-order valence-electron chi connectivity index (χ2n) is 4.77. The van der Waals surface area contributed by atoms with Crippen molar-refractivity contribution in [3.63, 3.8) is 0 Å². The molecule has 18 heavy (non-hydrogen) atoms. The van der Waals surface area contributed by atoms with Crippen molar-refractivity contribution in [1.29, 1.82) is 0 Å². The van der Waals surface area contributed by atoms with E-state index < -0.39 is 0 Å². The summed E-state index contributed by atoms with van der Waals surface area (Å²) < 4.78 is 0. The maximum Gasteiger partial charge on any atom is 0.223 e. The van der Waals surface area contributed by atoms with E-state index in [2.05, 4.69) is 22.8 Å². The molecule has 0 radical (unpaired) electrons. The fourth-order valence-electron chi connectivity index (χ4n) is 2.42. The Kier molecular flexibility index (Phi) is 2.63. The van der Waals surface area contributed by atoms with Crippen molar-refractivity contribution in [2.45, 2.75) is 13.0 Å². The van der Waals surface area contributed by atoms with E-state index in [1.165, 1.54) is 0 Å². The lowest BCUT2D eigenvalue weighted by Crippen LogP contribution is -2.24. The zero-order valence-electron chi connectivity index (χ0n) is 10.1. The van der Waals surface area contributed by atoms with Crippen LogP contribution in [0.3, 0.4) is 0 Å². The molecule has 1 fully saturated rings. The zero-order chi connectivity index (χ0) is 12.5. The van der Waals surface area contributed by atoms with Gasteiger partial charge >= 0.3 is 0 Å². The van der Waals surface area contributed by atoms with Crippen LogP contribution in [0.4, 0.5) is 0 Å². The van der Waals surface area contributed by atoms with Crippen LogP contribution in [0.1, 0.15) is 12.0 Å². The quantitative estimate of drug-likeness (QED) is 0.836. The lowest BCUT2D eigenvalue weighted by molar-refractivity contribution is -0.128. The average molecular weight is 241 g/mol. The Balaban J connectivity index is 1.79. The minimum Gasteiger partial charge on any atom is -0.338 e. The van der Waals surface area contributed by atoms with Gasteiger partial charge < -0.3 is 4.90 Å². The Labute approximate surface area is 105 Å². The SMILES string of the molecule is C=CC1CC(=O)N(Cc2ccc3cn[nH]c3c2)C1. The second kappa shape index (κ2) is 4.29. The topological polar surface area (TPSA) is 49.0 Å². The summed E-state index contributed by atoms with van der Waals surface area (Å²) in [6, 6.07) is 6.13. The molecule has 3 rings (SSSR count). The number of nitrogens with one attached hydrogen (secondary N) is 1. The minimum atomic E-state index is 0.213. The Bertz CT molecular complexity index is 602. The number of benzene rings is 1. The molecule has 0 spiro atoms. The van der Waals surface area contributed by atoms with Crippen LogP contribution in [-0.4, -0.2) is 27.5 Å². The van der Waals surface area contributed by atoms with E-state index in [-0.39, 0.29) is 5.91 Å². The maximum absolute atomic E-state index is 11.8. The number of hydrogen-bond donors (Lipinski definition) is 1. The highest BCUT2D eigenvalue weighted by atomic mass is 16.2. The minimum absolute atomic E-state index is 0.213. The number of nitrogens with zero attached hydrogens (tertiary/aromatic N) is 2. The number of hydrogen-bond acceptors (Lipinski definition) is 2. The fourth-order valence-corrected chi connectivity index (χ4v) is 2.42. The second-order valence-corrected chi connectivity index (χ2v) is 4.77. The van der Waals surface area contributed by atoms with E-state index in [0.717, 1.165) is 23.0 Å². The highest BCUT2D eigenvalue weighted by Crippen LogP contribution is 2.22. The molecule has 1 atom stereocenters. The van der Waals surface area contributed by atoms with Crippen LogP contribution in [0.5, 0.6) is 0 Å². The molecule has 1 saturated heterocycles. The van der Waals surface area contributed by atoms with Gasteiger partial charge in [0.15, 0.2) is 0 Å². The summed E-state index contributed by atoms with van der Waals surface area (Å²) in [5.74, 6) is 0.512. The first-order valence-corrected chi connectivity index (χ1v) is 6.08. The summed E-state index contributed by atoms with van der Waals surface area (Å²) in [6.07, 6.45) is 4.26. The molecule has 1 amide bonds. The molecule has 0 saturated carbocycles. The van der Waals surface area contributed by atoms with Crippen LogP contribution in [0, 0.1) is 5.92 Å². The van der Waals surface area contributed by atoms with Crippen molar-refractivity contribution in [3.8, 4) is 0 Å². The number of aromatic nitrogens is 2. The molecule has 1 aromatic carbocycles. The van der Waals surface area contributed by atoms with Crippen molar-refractivity contribution in [1.82, 2.24) is 15.1 Å². The third-order valence-electron chi connectivity index (χ3n) is 3.46. The monoisotopic (exact) mass is 241 g/mol. The van der Waals surface area contributed by atoms with Gasteiger partial charge in [0.05, 0.1) is 11.7 Å². The van der Waals surface area contributed by atoms with E-state index in [1.807, 2.05) is 23.1 Å². The van der Waals surface area contributed by atoms with Gasteiger partial charge in [-0.15, -0.1) is 6.58 Å². The lowest BCUT2D eigenvalue weighted by atomic mass is 10.1. The van der Waals surface area contributed by atoms with Crippen LogP contribution in [0.15, 0.2) is 37.1 Å². The fraction of sp³-hybridized carbons (Fsp3) is 0.286. The molecule has 1 aliphatic rings. The molecule has 4 nitrogen and oxygen atoms in total. The highest BCUT2D eigenvalue weighted by Gasteiger charge is 2.27. The molecule has 1 N–H and O–H groups in total. The largest absolute Gasteiger partial charge is 0.338 e. The van der Waals surface area contributed by atoms with E-state index in [0.29, 0.717) is 18.9 Å². The van der Waals surface area contributed by atoms with E-state index in [1.54, 1.807) is 6.20 Å². The van der Waals surface area contributed by atoms with Crippen LogP contribution in [-0.2, 0) is 11.3 Å².